The lowest BCUT2D eigenvalue weighted by Crippen LogP contribution is -2.22. The Kier molecular flexibility index (Phi) is 4.56. The lowest BCUT2D eigenvalue weighted by atomic mass is 10.0. The van der Waals surface area contributed by atoms with Crippen LogP contribution in [0.2, 0.25) is 0 Å². The van der Waals surface area contributed by atoms with Crippen LogP contribution in [-0.4, -0.2) is 33.1 Å². The van der Waals surface area contributed by atoms with Crippen LogP contribution in [-0.2, 0) is 22.0 Å². The van der Waals surface area contributed by atoms with E-state index >= 15 is 0 Å². The number of aryl methyl sites for hydroxylation is 1. The van der Waals surface area contributed by atoms with Crippen LogP contribution in [0.3, 0.4) is 0 Å². The number of nitro benzene ring substituents is 1. The van der Waals surface area contributed by atoms with E-state index in [1.165, 1.54) is 6.07 Å². The van der Waals surface area contributed by atoms with E-state index in [1.807, 2.05) is 0 Å². The van der Waals surface area contributed by atoms with Gasteiger partial charge in [0, 0.05) is 47.0 Å². The van der Waals surface area contributed by atoms with Crippen molar-refractivity contribution in [3.05, 3.63) is 27.8 Å². The van der Waals surface area contributed by atoms with Crippen molar-refractivity contribution in [1.29, 1.82) is 0 Å². The molecule has 1 aliphatic rings. The van der Waals surface area contributed by atoms with Gasteiger partial charge in [0.25, 0.3) is 5.69 Å². The highest BCUT2D eigenvalue weighted by molar-refractivity contribution is 7.84. The normalized spacial score (nSPS) is 16.6. The Morgan fingerprint density at radius 2 is 2.19 bits per heavy atom. The molecule has 0 saturated carbocycles. The SMILES string of the molecule is CC(CNc1cc2c(cc1[N+](=O)[O-])CCC(=O)N2)S(C)=O. The van der Waals surface area contributed by atoms with Gasteiger partial charge in [-0.15, -0.1) is 0 Å². The van der Waals surface area contributed by atoms with Gasteiger partial charge < -0.3 is 10.6 Å². The molecular formula is C13H17N3O4S. The van der Waals surface area contributed by atoms with Crippen molar-refractivity contribution < 1.29 is 13.9 Å². The van der Waals surface area contributed by atoms with E-state index in [4.69, 9.17) is 0 Å². The van der Waals surface area contributed by atoms with Crippen molar-refractivity contribution >= 4 is 33.8 Å². The first-order valence-corrected chi connectivity index (χ1v) is 8.18. The van der Waals surface area contributed by atoms with Crippen LogP contribution in [0, 0.1) is 10.1 Å². The Balaban J connectivity index is 2.30. The molecule has 2 atom stereocenters. The topological polar surface area (TPSA) is 101 Å². The molecule has 1 aromatic carbocycles. The number of rotatable bonds is 5. The molecule has 0 saturated heterocycles. The largest absolute Gasteiger partial charge is 0.378 e. The molecule has 2 N–H and O–H groups in total. The van der Waals surface area contributed by atoms with Crippen molar-refractivity contribution in [2.75, 3.05) is 23.4 Å². The fourth-order valence-corrected chi connectivity index (χ4v) is 2.40. The average molecular weight is 311 g/mol. The summed E-state index contributed by atoms with van der Waals surface area (Å²) < 4.78 is 11.3. The zero-order valence-electron chi connectivity index (χ0n) is 11.8. The molecule has 8 heteroatoms. The van der Waals surface area contributed by atoms with Gasteiger partial charge in [-0.3, -0.25) is 19.1 Å². The summed E-state index contributed by atoms with van der Waals surface area (Å²) in [6.07, 6.45) is 2.42. The van der Waals surface area contributed by atoms with E-state index in [1.54, 1.807) is 19.2 Å². The van der Waals surface area contributed by atoms with E-state index in [-0.39, 0.29) is 16.8 Å². The third-order valence-corrected chi connectivity index (χ3v) is 4.76. The van der Waals surface area contributed by atoms with Crippen LogP contribution >= 0.6 is 0 Å². The Labute approximate surface area is 124 Å². The number of carbonyl (C=O) groups excluding carboxylic acids is 1. The molecule has 1 aliphatic heterocycles. The highest BCUT2D eigenvalue weighted by Crippen LogP contribution is 2.34. The van der Waals surface area contributed by atoms with E-state index in [2.05, 4.69) is 10.6 Å². The molecule has 1 aromatic rings. The minimum Gasteiger partial charge on any atom is -0.378 e. The number of amides is 1. The predicted octanol–water partition coefficient (Wildman–Crippen LogP) is 1.66. The maximum atomic E-state index is 11.4. The molecule has 1 heterocycles. The van der Waals surface area contributed by atoms with Crippen LogP contribution < -0.4 is 10.6 Å². The molecule has 1 amide bonds. The van der Waals surface area contributed by atoms with Crippen molar-refractivity contribution in [2.45, 2.75) is 25.0 Å². The Morgan fingerprint density at radius 3 is 2.81 bits per heavy atom. The first-order chi connectivity index (χ1) is 9.88. The second kappa shape index (κ2) is 6.21. The number of hydrogen-bond donors (Lipinski definition) is 2. The lowest BCUT2D eigenvalue weighted by molar-refractivity contribution is -0.384. The molecule has 2 unspecified atom stereocenters. The maximum Gasteiger partial charge on any atom is 0.292 e. The minimum absolute atomic E-state index is 0.0287. The molecule has 0 fully saturated rings. The predicted molar refractivity (Wildman–Crippen MR) is 82.1 cm³/mol. The van der Waals surface area contributed by atoms with Gasteiger partial charge in [0.2, 0.25) is 5.91 Å². The van der Waals surface area contributed by atoms with E-state index < -0.39 is 15.7 Å². The first kappa shape index (κ1) is 15.4. The van der Waals surface area contributed by atoms with Crippen molar-refractivity contribution in [2.24, 2.45) is 0 Å². The summed E-state index contributed by atoms with van der Waals surface area (Å²) in [6.45, 7) is 2.16. The van der Waals surface area contributed by atoms with Crippen LogP contribution in [0.4, 0.5) is 17.1 Å². The standard InChI is InChI=1S/C13H17N3O4S/c1-8(21(2)20)7-14-11-6-10-9(3-4-13(17)15-10)5-12(11)16(18)19/h5-6,8,14H,3-4,7H2,1-2H3,(H,15,17). The summed E-state index contributed by atoms with van der Waals surface area (Å²) in [5, 5.41) is 16.7. The number of nitro groups is 1. The maximum absolute atomic E-state index is 11.4. The summed E-state index contributed by atoms with van der Waals surface area (Å²) in [5.74, 6) is -0.0923. The number of nitrogens with one attached hydrogen (secondary N) is 2. The quantitative estimate of drug-likeness (QED) is 0.636. The molecule has 2 rings (SSSR count). The summed E-state index contributed by atoms with van der Waals surface area (Å²) in [7, 11) is -1.01. The monoisotopic (exact) mass is 311 g/mol. The molecule has 0 aliphatic carbocycles. The summed E-state index contributed by atoms with van der Waals surface area (Å²) >= 11 is 0. The highest BCUT2D eigenvalue weighted by Gasteiger charge is 2.22. The van der Waals surface area contributed by atoms with Gasteiger partial charge in [-0.25, -0.2) is 0 Å². The van der Waals surface area contributed by atoms with Gasteiger partial charge in [-0.1, -0.05) is 0 Å². The number of nitrogens with zero attached hydrogens (tertiary/aromatic N) is 1. The molecule has 114 valence electrons. The van der Waals surface area contributed by atoms with E-state index in [0.29, 0.717) is 30.8 Å². The van der Waals surface area contributed by atoms with Crippen molar-refractivity contribution in [1.82, 2.24) is 0 Å². The first-order valence-electron chi connectivity index (χ1n) is 6.55. The summed E-state index contributed by atoms with van der Waals surface area (Å²) in [5.41, 5.74) is 1.67. The third kappa shape index (κ3) is 3.57. The van der Waals surface area contributed by atoms with Gasteiger partial charge in [-0.2, -0.15) is 0 Å². The molecule has 7 nitrogen and oxygen atoms in total. The fraction of sp³-hybridized carbons (Fsp3) is 0.462. The Bertz CT molecular complexity index is 618. The van der Waals surface area contributed by atoms with Crippen molar-refractivity contribution in [3.63, 3.8) is 0 Å². The van der Waals surface area contributed by atoms with Crippen LogP contribution in [0.25, 0.3) is 0 Å². The smallest absolute Gasteiger partial charge is 0.292 e. The van der Waals surface area contributed by atoms with E-state index in [9.17, 15) is 19.1 Å². The molecule has 0 radical (unpaired) electrons. The van der Waals surface area contributed by atoms with Crippen molar-refractivity contribution in [3.8, 4) is 0 Å². The zero-order chi connectivity index (χ0) is 15.6. The molecule has 21 heavy (non-hydrogen) atoms. The van der Waals surface area contributed by atoms with Gasteiger partial charge in [0.15, 0.2) is 0 Å². The number of carbonyl (C=O) groups is 1. The molecule has 0 spiro atoms. The zero-order valence-corrected chi connectivity index (χ0v) is 12.7. The minimum atomic E-state index is -1.01. The van der Waals surface area contributed by atoms with Gasteiger partial charge in [-0.05, 0) is 25.0 Å². The molecular weight excluding hydrogens is 294 g/mol. The Morgan fingerprint density at radius 1 is 1.48 bits per heavy atom. The fourth-order valence-electron chi connectivity index (χ4n) is 2.08. The molecule has 0 aromatic heterocycles. The highest BCUT2D eigenvalue weighted by atomic mass is 32.2. The number of hydrogen-bond acceptors (Lipinski definition) is 5. The second-order valence-electron chi connectivity index (χ2n) is 5.02. The van der Waals surface area contributed by atoms with Gasteiger partial charge in [0.1, 0.15) is 5.69 Å². The number of fused-ring (bicyclic) bond motifs is 1. The molecule has 0 bridgehead atoms. The summed E-state index contributed by atoms with van der Waals surface area (Å²) in [4.78, 5) is 22.1. The van der Waals surface area contributed by atoms with E-state index in [0.717, 1.165) is 5.56 Å². The number of anilines is 2. The lowest BCUT2D eigenvalue weighted by Gasteiger charge is -2.19. The second-order valence-corrected chi connectivity index (χ2v) is 6.82. The van der Waals surface area contributed by atoms with Crippen LogP contribution in [0.15, 0.2) is 12.1 Å². The Hall–Kier alpha value is -1.96. The third-order valence-electron chi connectivity index (χ3n) is 3.46. The van der Waals surface area contributed by atoms with Crippen LogP contribution in [0.1, 0.15) is 18.9 Å². The van der Waals surface area contributed by atoms with Gasteiger partial charge in [0.05, 0.1) is 4.92 Å². The number of benzene rings is 1. The summed E-state index contributed by atoms with van der Waals surface area (Å²) in [6, 6.07) is 3.07. The average Bonchev–Trinajstić information content (AvgIpc) is 2.43. The van der Waals surface area contributed by atoms with Crippen LogP contribution in [0.5, 0.6) is 0 Å². The van der Waals surface area contributed by atoms with Gasteiger partial charge >= 0.3 is 0 Å².